The molecule has 1 amide bonds. The zero-order valence-corrected chi connectivity index (χ0v) is 15.5. The maximum Gasteiger partial charge on any atom is 0.254 e. The van der Waals surface area contributed by atoms with E-state index in [1.165, 1.54) is 47.4 Å². The van der Waals surface area contributed by atoms with Gasteiger partial charge in [0.1, 0.15) is 5.82 Å². The average Bonchev–Trinajstić information content (AvgIpc) is 2.65. The summed E-state index contributed by atoms with van der Waals surface area (Å²) in [6.07, 6.45) is 1.45. The molecular weight excluding hydrogens is 355 g/mol. The highest BCUT2D eigenvalue weighted by molar-refractivity contribution is 7.89. The Labute approximate surface area is 153 Å². The van der Waals surface area contributed by atoms with E-state index in [-0.39, 0.29) is 29.2 Å². The number of amides is 1. The zero-order valence-electron chi connectivity index (χ0n) is 14.6. The van der Waals surface area contributed by atoms with E-state index in [0.717, 1.165) is 5.56 Å². The predicted molar refractivity (Wildman–Crippen MR) is 98.7 cm³/mol. The molecule has 7 heteroatoms. The Balaban J connectivity index is 2.16. The fourth-order valence-electron chi connectivity index (χ4n) is 2.37. The maximum atomic E-state index is 13.0. The highest BCUT2D eigenvalue weighted by Gasteiger charge is 2.20. The lowest BCUT2D eigenvalue weighted by Crippen LogP contribution is -2.29. The van der Waals surface area contributed by atoms with Crippen LogP contribution in [0.5, 0.6) is 0 Å². The van der Waals surface area contributed by atoms with E-state index in [4.69, 9.17) is 0 Å². The summed E-state index contributed by atoms with van der Waals surface area (Å²) < 4.78 is 39.5. The minimum atomic E-state index is -3.63. The van der Waals surface area contributed by atoms with Crippen molar-refractivity contribution in [2.45, 2.75) is 17.9 Å². The molecule has 0 aliphatic heterocycles. The molecule has 0 aliphatic rings. The topological polar surface area (TPSA) is 66.5 Å². The van der Waals surface area contributed by atoms with Gasteiger partial charge in [-0.05, 0) is 48.9 Å². The van der Waals surface area contributed by atoms with Crippen molar-refractivity contribution in [1.82, 2.24) is 9.62 Å². The van der Waals surface area contributed by atoms with Crippen molar-refractivity contribution in [3.63, 3.8) is 0 Å². The molecule has 1 N–H and O–H groups in total. The van der Waals surface area contributed by atoms with E-state index < -0.39 is 10.0 Å². The van der Waals surface area contributed by atoms with Crippen LogP contribution in [0.2, 0.25) is 0 Å². The Hall–Kier alpha value is -2.51. The van der Waals surface area contributed by atoms with E-state index in [1.807, 2.05) is 6.92 Å². The fraction of sp³-hybridized carbons (Fsp3) is 0.211. The van der Waals surface area contributed by atoms with E-state index >= 15 is 0 Å². The third-order valence-corrected chi connectivity index (χ3v) is 5.52. The number of halogens is 1. The Morgan fingerprint density at radius 2 is 1.77 bits per heavy atom. The van der Waals surface area contributed by atoms with Crippen LogP contribution < -0.4 is 4.72 Å². The highest BCUT2D eigenvalue weighted by Crippen LogP contribution is 2.21. The first-order valence-electron chi connectivity index (χ1n) is 7.99. The van der Waals surface area contributed by atoms with Gasteiger partial charge in [-0.3, -0.25) is 4.79 Å². The lowest BCUT2D eigenvalue weighted by molar-refractivity contribution is 0.0742. The second-order valence-electron chi connectivity index (χ2n) is 5.81. The molecule has 2 rings (SSSR count). The van der Waals surface area contributed by atoms with Gasteiger partial charge >= 0.3 is 0 Å². The van der Waals surface area contributed by atoms with Crippen molar-refractivity contribution in [2.75, 3.05) is 13.6 Å². The number of carbonyl (C=O) groups excluding carboxylic acids is 1. The quantitative estimate of drug-likeness (QED) is 0.755. The molecule has 0 aliphatic carbocycles. The number of rotatable bonds is 7. The Morgan fingerprint density at radius 3 is 2.31 bits per heavy atom. The van der Waals surface area contributed by atoms with Crippen LogP contribution >= 0.6 is 0 Å². The molecule has 0 bridgehead atoms. The third-order valence-electron chi connectivity index (χ3n) is 4.08. The smallest absolute Gasteiger partial charge is 0.254 e. The van der Waals surface area contributed by atoms with Crippen LogP contribution in [0.15, 0.2) is 66.1 Å². The van der Waals surface area contributed by atoms with E-state index in [9.17, 15) is 17.6 Å². The summed E-state index contributed by atoms with van der Waals surface area (Å²) in [6.45, 7) is 5.42. The summed E-state index contributed by atoms with van der Waals surface area (Å²) in [4.78, 5) is 14.2. The summed E-state index contributed by atoms with van der Waals surface area (Å²) in [5, 5.41) is 0. The van der Waals surface area contributed by atoms with Crippen molar-refractivity contribution < 1.29 is 17.6 Å². The summed E-state index contributed by atoms with van der Waals surface area (Å²) in [5.74, 6) is -0.596. The van der Waals surface area contributed by atoms with Gasteiger partial charge < -0.3 is 4.90 Å². The number of nitrogens with zero attached hydrogens (tertiary/aromatic N) is 1. The standard InChI is InChI=1S/C19H21FN2O3S/c1-4-13-21-26(24,25)18-11-7-16(8-12-18)19(23)22(3)14(2)15-5-9-17(20)10-6-15/h4-12,14,21H,1,13H2,2-3H3. The average molecular weight is 376 g/mol. The molecule has 0 radical (unpaired) electrons. The molecule has 0 fully saturated rings. The number of carbonyl (C=O) groups is 1. The van der Waals surface area contributed by atoms with Crippen LogP contribution in [0, 0.1) is 5.82 Å². The Kier molecular flexibility index (Phi) is 6.28. The predicted octanol–water partition coefficient (Wildman–Crippen LogP) is 3.12. The van der Waals surface area contributed by atoms with Crippen LogP contribution in [0.3, 0.4) is 0 Å². The second-order valence-corrected chi connectivity index (χ2v) is 7.58. The number of hydrogen-bond donors (Lipinski definition) is 1. The molecule has 1 atom stereocenters. The number of nitrogens with one attached hydrogen (secondary N) is 1. The molecule has 1 unspecified atom stereocenters. The second kappa shape index (κ2) is 8.25. The molecule has 2 aromatic rings. The summed E-state index contributed by atoms with van der Waals surface area (Å²) >= 11 is 0. The normalized spacial score (nSPS) is 12.4. The third kappa shape index (κ3) is 4.56. The van der Waals surface area contributed by atoms with Gasteiger partial charge in [-0.25, -0.2) is 17.5 Å². The summed E-state index contributed by atoms with van der Waals surface area (Å²) in [5.41, 5.74) is 1.17. The van der Waals surface area contributed by atoms with Crippen molar-refractivity contribution in [3.8, 4) is 0 Å². The first-order chi connectivity index (χ1) is 12.3. The van der Waals surface area contributed by atoms with Gasteiger partial charge in [0.05, 0.1) is 10.9 Å². The maximum absolute atomic E-state index is 13.0. The molecule has 5 nitrogen and oxygen atoms in total. The SMILES string of the molecule is C=CCNS(=O)(=O)c1ccc(C(=O)N(C)C(C)c2ccc(F)cc2)cc1. The number of sulfonamides is 1. The van der Waals surface area contributed by atoms with Crippen LogP contribution in [-0.4, -0.2) is 32.8 Å². The van der Waals surface area contributed by atoms with E-state index in [0.29, 0.717) is 5.56 Å². The minimum Gasteiger partial charge on any atom is -0.335 e. The number of hydrogen-bond acceptors (Lipinski definition) is 3. The Bertz CT molecular complexity index is 878. The van der Waals surface area contributed by atoms with Crippen LogP contribution in [-0.2, 0) is 10.0 Å². The molecule has 0 heterocycles. The van der Waals surface area contributed by atoms with Gasteiger partial charge in [-0.2, -0.15) is 0 Å². The molecule has 0 saturated carbocycles. The van der Waals surface area contributed by atoms with Crippen molar-refractivity contribution in [3.05, 3.63) is 78.1 Å². The number of benzene rings is 2. The van der Waals surface area contributed by atoms with Crippen molar-refractivity contribution in [2.24, 2.45) is 0 Å². The van der Waals surface area contributed by atoms with Gasteiger partial charge in [0.25, 0.3) is 5.91 Å². The molecule has 0 spiro atoms. The lowest BCUT2D eigenvalue weighted by atomic mass is 10.1. The molecule has 0 aromatic heterocycles. The zero-order chi connectivity index (χ0) is 19.3. The first kappa shape index (κ1) is 19.8. The van der Waals surface area contributed by atoms with Gasteiger partial charge in [-0.1, -0.05) is 18.2 Å². The van der Waals surface area contributed by atoms with Crippen LogP contribution in [0.1, 0.15) is 28.9 Å². The fourth-order valence-corrected chi connectivity index (χ4v) is 3.37. The van der Waals surface area contributed by atoms with Crippen LogP contribution in [0.4, 0.5) is 4.39 Å². The monoisotopic (exact) mass is 376 g/mol. The largest absolute Gasteiger partial charge is 0.335 e. The molecule has 2 aromatic carbocycles. The van der Waals surface area contributed by atoms with Gasteiger partial charge in [0.15, 0.2) is 0 Å². The van der Waals surface area contributed by atoms with Gasteiger partial charge in [-0.15, -0.1) is 6.58 Å². The molecule has 138 valence electrons. The van der Waals surface area contributed by atoms with Crippen molar-refractivity contribution >= 4 is 15.9 Å². The van der Waals surface area contributed by atoms with Crippen LogP contribution in [0.25, 0.3) is 0 Å². The minimum absolute atomic E-state index is 0.0742. The van der Waals surface area contributed by atoms with Gasteiger partial charge in [0.2, 0.25) is 10.0 Å². The molecule has 0 saturated heterocycles. The molecular formula is C19H21FN2O3S. The Morgan fingerprint density at radius 1 is 1.19 bits per heavy atom. The van der Waals surface area contributed by atoms with Crippen molar-refractivity contribution in [1.29, 1.82) is 0 Å². The summed E-state index contributed by atoms with van der Waals surface area (Å²) in [6, 6.07) is 11.4. The molecule has 26 heavy (non-hydrogen) atoms. The summed E-state index contributed by atoms with van der Waals surface area (Å²) in [7, 11) is -1.98. The lowest BCUT2D eigenvalue weighted by Gasteiger charge is -2.25. The van der Waals surface area contributed by atoms with Gasteiger partial charge in [0, 0.05) is 19.2 Å². The highest BCUT2D eigenvalue weighted by atomic mass is 32.2. The first-order valence-corrected chi connectivity index (χ1v) is 9.48. The van der Waals surface area contributed by atoms with E-state index in [1.54, 1.807) is 19.2 Å². The van der Waals surface area contributed by atoms with E-state index in [2.05, 4.69) is 11.3 Å².